The third-order valence-electron chi connectivity index (χ3n) is 9.33. The number of fused-ring (bicyclic) bond motifs is 1. The lowest BCUT2D eigenvalue weighted by molar-refractivity contribution is -0.347. The number of hydrogen-bond acceptors (Lipinski definition) is 23. The number of nitrogens with zero attached hydrogens (tertiary/aromatic N) is 4. The minimum absolute atomic E-state index is 0.0251. The first-order valence-electron chi connectivity index (χ1n) is 20.6. The minimum Gasteiger partial charge on any atom is -0.790 e. The van der Waals surface area contributed by atoms with Crippen LogP contribution < -0.4 is 35.9 Å². The second-order valence-corrected chi connectivity index (χ2v) is 20.5. The van der Waals surface area contributed by atoms with Crippen molar-refractivity contribution in [2.24, 2.45) is 5.41 Å². The highest BCUT2D eigenvalue weighted by molar-refractivity contribution is 8.13. The maximum absolute atomic E-state index is 12.6. The summed E-state index contributed by atoms with van der Waals surface area (Å²) >= 11 is 0.960. The maximum atomic E-state index is 12.6. The zero-order valence-electron chi connectivity index (χ0n) is 36.4. The van der Waals surface area contributed by atoms with Crippen LogP contribution in [0.4, 0.5) is 5.82 Å². The predicted octanol–water partition coefficient (Wildman–Crippen LogP) is -0.0832. The minimum atomic E-state index is -5.93. The highest BCUT2D eigenvalue weighted by Crippen LogP contribution is 2.56. The van der Waals surface area contributed by atoms with Gasteiger partial charge in [0.2, 0.25) is 11.8 Å². The molecule has 66 heavy (non-hydrogen) atoms. The lowest BCUT2D eigenvalue weighted by Gasteiger charge is -2.36. The SMILES string of the molecule is CC/C=C\C/C=C\C/C=C\CCC[C@@H](O)CC(=O)SCCNC(=O)CCNC(=O)[C@H](O)C(C)(C)COP(=O)([O-])OP(=O)([O-])OC[C@H]1O[C@@H](n2cnc3c(N)ncnc32)[C@H](O)[C@@H]1OP(=O)([O-])[O-]. The number of phosphoric acid groups is 3. The van der Waals surface area contributed by atoms with E-state index in [1.807, 2.05) is 6.08 Å². The van der Waals surface area contributed by atoms with Gasteiger partial charge in [0.25, 0.3) is 15.6 Å². The summed E-state index contributed by atoms with van der Waals surface area (Å²) in [6, 6.07) is 0. The topological polar surface area (TPSA) is 395 Å². The van der Waals surface area contributed by atoms with Gasteiger partial charge in [-0.3, -0.25) is 28.1 Å². The second-order valence-electron chi connectivity index (χ2n) is 15.3. The van der Waals surface area contributed by atoms with Crippen molar-refractivity contribution in [2.45, 2.75) is 109 Å². The van der Waals surface area contributed by atoms with Gasteiger partial charge < -0.3 is 74.1 Å². The molecule has 2 unspecified atom stereocenters. The summed E-state index contributed by atoms with van der Waals surface area (Å²) in [6.45, 7) is 2.04. The molecule has 0 aromatic carbocycles. The number of rotatable bonds is 30. The average Bonchev–Trinajstić information content (AvgIpc) is 3.79. The fourth-order valence-electron chi connectivity index (χ4n) is 5.92. The van der Waals surface area contributed by atoms with Crippen LogP contribution in [-0.4, -0.2) is 114 Å². The monoisotopic (exact) mass is 1010 g/mol. The molecule has 3 rings (SSSR count). The summed E-state index contributed by atoms with van der Waals surface area (Å²) < 4.78 is 60.7. The Balaban J connectivity index is 1.35. The Morgan fingerprint density at radius 2 is 1.65 bits per heavy atom. The normalized spacial score (nSPS) is 21.1. The van der Waals surface area contributed by atoms with E-state index in [9.17, 15) is 63.0 Å². The van der Waals surface area contributed by atoms with Gasteiger partial charge in [0.1, 0.15) is 36.3 Å². The summed E-state index contributed by atoms with van der Waals surface area (Å²) in [5.41, 5.74) is 4.05. The second kappa shape index (κ2) is 27.1. The molecule has 372 valence electrons. The highest BCUT2D eigenvalue weighted by atomic mass is 32.2. The lowest BCUT2D eigenvalue weighted by atomic mass is 9.87. The Morgan fingerprint density at radius 1 is 0.985 bits per heavy atom. The van der Waals surface area contributed by atoms with Crippen LogP contribution in [0, 0.1) is 5.41 Å². The number of hydrogen-bond donors (Lipinski definition) is 6. The zero-order valence-corrected chi connectivity index (χ0v) is 39.9. The Labute approximate surface area is 385 Å². The first-order chi connectivity index (χ1) is 30.9. The summed E-state index contributed by atoms with van der Waals surface area (Å²) in [4.78, 5) is 96.7. The zero-order chi connectivity index (χ0) is 49.1. The van der Waals surface area contributed by atoms with Crippen molar-refractivity contribution in [2.75, 3.05) is 37.8 Å². The predicted molar refractivity (Wildman–Crippen MR) is 230 cm³/mol. The van der Waals surface area contributed by atoms with Crippen LogP contribution in [0.3, 0.4) is 0 Å². The van der Waals surface area contributed by atoms with Crippen molar-refractivity contribution in [3.8, 4) is 0 Å². The number of aromatic nitrogens is 4. The molecule has 0 radical (unpaired) electrons. The molecule has 0 saturated carbocycles. The number of imidazole rings is 1. The van der Waals surface area contributed by atoms with Gasteiger partial charge in [0.15, 0.2) is 22.8 Å². The van der Waals surface area contributed by atoms with Crippen molar-refractivity contribution in [1.82, 2.24) is 30.2 Å². The van der Waals surface area contributed by atoms with Gasteiger partial charge in [-0.25, -0.2) is 19.3 Å². The largest absolute Gasteiger partial charge is 0.790 e. The number of allylic oxidation sites excluding steroid dienone is 6. The van der Waals surface area contributed by atoms with E-state index in [4.69, 9.17) is 10.5 Å². The standard InChI is InChI=1S/C37H60N7O18P3S/c1-4-5-6-7-8-9-10-11-12-13-14-15-25(45)20-28(47)66-19-18-39-27(46)16-17-40-35(50)32(49)37(2,3)22-59-65(56,57)62-64(54,55)58-21-26-31(61-63(51,52)53)30(48)36(60-26)44-24-43-29-33(38)41-23-42-34(29)44/h5-6,8-9,11-12,23-26,30-32,36,45,48-49H,4,7,10,13-22H2,1-3H3,(H,39,46)(H,40,50)(H,54,55)(H,56,57)(H2,38,41,42)(H2,51,52,53)/p-4/b6-5-,9-8-,12-11-/t25-,26-,30-,31-,32+,36-/m1/s1. The van der Waals surface area contributed by atoms with Crippen molar-refractivity contribution in [3.05, 3.63) is 49.1 Å². The van der Waals surface area contributed by atoms with E-state index in [1.54, 1.807) is 0 Å². The molecule has 0 spiro atoms. The molecule has 8 atom stereocenters. The molecule has 0 bridgehead atoms. The molecule has 2 amide bonds. The van der Waals surface area contributed by atoms with Gasteiger partial charge >= 0.3 is 0 Å². The lowest BCUT2D eigenvalue weighted by Crippen LogP contribution is -2.46. The Hall–Kier alpha value is -3.26. The Bertz CT molecular complexity index is 2140. The van der Waals surface area contributed by atoms with E-state index in [0.29, 0.717) is 6.42 Å². The molecule has 7 N–H and O–H groups in total. The molecular formula is C37H56N7O18P3S-4. The molecule has 1 saturated heterocycles. The molecule has 2 aromatic heterocycles. The maximum Gasteiger partial charge on any atom is 0.274 e. The van der Waals surface area contributed by atoms with Crippen LogP contribution in [-0.2, 0) is 50.7 Å². The third kappa shape index (κ3) is 20.1. The quantitative estimate of drug-likeness (QED) is 0.0338. The number of aliphatic hydroxyl groups excluding tert-OH is 3. The van der Waals surface area contributed by atoms with Gasteiger partial charge in [0.05, 0.1) is 33.5 Å². The molecule has 1 fully saturated rings. The van der Waals surface area contributed by atoms with E-state index in [2.05, 4.69) is 80.8 Å². The van der Waals surface area contributed by atoms with Crippen molar-refractivity contribution in [3.63, 3.8) is 0 Å². The number of phosphoric ester groups is 3. The van der Waals surface area contributed by atoms with Gasteiger partial charge in [0, 0.05) is 37.1 Å². The van der Waals surface area contributed by atoms with Crippen LogP contribution in [0.5, 0.6) is 0 Å². The van der Waals surface area contributed by atoms with Gasteiger partial charge in [-0.15, -0.1) is 0 Å². The summed E-state index contributed by atoms with van der Waals surface area (Å²) in [5, 5.41) is 36.3. The number of nitrogens with one attached hydrogen (secondary N) is 2. The van der Waals surface area contributed by atoms with E-state index in [-0.39, 0.29) is 53.8 Å². The highest BCUT2D eigenvalue weighted by Gasteiger charge is 2.47. The fraction of sp³-hybridized carbons (Fsp3) is 0.622. The van der Waals surface area contributed by atoms with Gasteiger partial charge in [-0.2, -0.15) is 0 Å². The number of amides is 2. The summed E-state index contributed by atoms with van der Waals surface area (Å²) in [5.74, 6) is -1.37. The molecule has 25 nitrogen and oxygen atoms in total. The number of unbranched alkanes of at least 4 members (excludes halogenated alkanes) is 1. The van der Waals surface area contributed by atoms with Crippen molar-refractivity contribution >= 4 is 69.1 Å². The molecule has 3 heterocycles. The first-order valence-corrected chi connectivity index (χ1v) is 25.9. The van der Waals surface area contributed by atoms with Gasteiger partial charge in [-0.05, 0) is 38.5 Å². The van der Waals surface area contributed by atoms with E-state index < -0.39 is 90.7 Å². The summed E-state index contributed by atoms with van der Waals surface area (Å²) in [7, 11) is -17.6. The van der Waals surface area contributed by atoms with Crippen LogP contribution in [0.15, 0.2) is 49.1 Å². The molecule has 1 aliphatic rings. The van der Waals surface area contributed by atoms with Crippen LogP contribution in [0.25, 0.3) is 11.2 Å². The Morgan fingerprint density at radius 3 is 2.33 bits per heavy atom. The van der Waals surface area contributed by atoms with Crippen LogP contribution in [0.1, 0.15) is 78.4 Å². The van der Waals surface area contributed by atoms with Gasteiger partial charge in [-0.1, -0.05) is 69.0 Å². The number of anilines is 1. The Kier molecular flexibility index (Phi) is 23.4. The number of nitrogens with two attached hydrogens (primary N) is 1. The van der Waals surface area contributed by atoms with E-state index in [0.717, 1.165) is 61.1 Å². The third-order valence-corrected chi connectivity index (χ3v) is 13.2. The van der Waals surface area contributed by atoms with Crippen molar-refractivity contribution in [1.29, 1.82) is 0 Å². The molecular weight excluding hydrogens is 955 g/mol. The number of thioether (sulfide) groups is 1. The summed E-state index contributed by atoms with van der Waals surface area (Å²) in [6.07, 6.45) is 8.77. The molecule has 0 aliphatic carbocycles. The molecule has 29 heteroatoms. The number of nitrogen functional groups attached to an aromatic ring is 1. The number of ether oxygens (including phenoxy) is 1. The number of aliphatic hydroxyl groups is 3. The molecule has 1 aliphatic heterocycles. The first kappa shape index (κ1) is 57.1. The number of carbonyl (C=O) groups excluding carboxylic acids is 3. The van der Waals surface area contributed by atoms with E-state index >= 15 is 0 Å². The number of carbonyl (C=O) groups is 3. The smallest absolute Gasteiger partial charge is 0.274 e. The average molecular weight is 1010 g/mol. The van der Waals surface area contributed by atoms with Crippen LogP contribution in [0.2, 0.25) is 0 Å². The van der Waals surface area contributed by atoms with Crippen LogP contribution >= 0.6 is 35.2 Å². The fourth-order valence-corrected chi connectivity index (χ4v) is 9.40. The van der Waals surface area contributed by atoms with E-state index in [1.165, 1.54) is 13.8 Å². The molecule has 2 aromatic rings. The van der Waals surface area contributed by atoms with Crippen molar-refractivity contribution < 1.29 is 85.6 Å².